The third kappa shape index (κ3) is 6.42. The number of nitrogens with zero attached hydrogens (tertiary/aromatic N) is 2. The normalized spacial score (nSPS) is 19.0. The van der Waals surface area contributed by atoms with Gasteiger partial charge in [0.2, 0.25) is 0 Å². The van der Waals surface area contributed by atoms with Gasteiger partial charge in [0, 0.05) is 49.5 Å². The van der Waals surface area contributed by atoms with Crippen LogP contribution in [0, 0.1) is 39.5 Å². The van der Waals surface area contributed by atoms with Crippen molar-refractivity contribution in [1.82, 2.24) is 0 Å². The average Bonchev–Trinajstić information content (AvgIpc) is 4.24. The van der Waals surface area contributed by atoms with Crippen LogP contribution in [0.4, 0.5) is 28.4 Å². The molecule has 2 heterocycles. The summed E-state index contributed by atoms with van der Waals surface area (Å²) in [6, 6.07) is 52.0. The number of para-hydroxylation sites is 4. The van der Waals surface area contributed by atoms with Crippen molar-refractivity contribution in [3.8, 4) is 0 Å². The zero-order chi connectivity index (χ0) is 47.7. The van der Waals surface area contributed by atoms with Gasteiger partial charge in [-0.3, -0.25) is 0 Å². The lowest BCUT2D eigenvalue weighted by Gasteiger charge is -2.47. The minimum absolute atomic E-state index is 0.243. The highest BCUT2D eigenvalue weighted by Crippen LogP contribution is 2.60. The molecule has 14 rings (SSSR count). The van der Waals surface area contributed by atoms with Crippen molar-refractivity contribution < 1.29 is 8.83 Å². The van der Waals surface area contributed by atoms with Crippen LogP contribution >= 0.6 is 0 Å². The first kappa shape index (κ1) is 42.6. The molecule has 0 radical (unpaired) electrons. The molecule has 4 aliphatic rings. The van der Waals surface area contributed by atoms with Crippen LogP contribution in [-0.4, -0.2) is 0 Å². The van der Waals surface area contributed by atoms with Crippen LogP contribution in [0.2, 0.25) is 0 Å². The molecule has 4 nitrogen and oxygen atoms in total. The summed E-state index contributed by atoms with van der Waals surface area (Å²) >= 11 is 0. The Balaban J connectivity index is 1.11. The number of hydrogen-bond donors (Lipinski definition) is 0. The molecule has 10 aromatic rings. The highest BCUT2D eigenvalue weighted by atomic mass is 16.3. The predicted molar refractivity (Wildman–Crippen MR) is 298 cm³/mol. The Labute approximate surface area is 416 Å². The third-order valence-corrected chi connectivity index (χ3v) is 17.4. The maximum Gasteiger partial charge on any atom is 0.159 e. The number of furan rings is 2. The van der Waals surface area contributed by atoms with Crippen LogP contribution in [0.25, 0.3) is 66.4 Å². The lowest BCUT2D eigenvalue weighted by Crippen LogP contribution is -2.40. The molecule has 0 N–H and O–H groups in total. The van der Waals surface area contributed by atoms with Gasteiger partial charge in [0.05, 0.1) is 22.8 Å². The number of fused-ring (bicyclic) bond motifs is 6. The first-order valence-electron chi connectivity index (χ1n) is 26.3. The van der Waals surface area contributed by atoms with Gasteiger partial charge < -0.3 is 18.6 Å². The Kier molecular flexibility index (Phi) is 9.66. The molecule has 0 aliphatic heterocycles. The van der Waals surface area contributed by atoms with Gasteiger partial charge in [-0.1, -0.05) is 148 Å². The van der Waals surface area contributed by atoms with Gasteiger partial charge in [-0.25, -0.2) is 0 Å². The van der Waals surface area contributed by atoms with Crippen molar-refractivity contribution in [2.24, 2.45) is 11.8 Å². The standard InChI is InChI=1S/C67H60N2O2/c1-40-28-30-42(3)57(36-40)68(55-24-14-22-49-46-20-10-12-26-61(46)70-65(49)55)59-38-53(44-16-6-7-17-44)48-32-33-52-60(39-54(45-18-8-9-19-45)67(5)35-34-51(59)63(48)64(52)67)69(58-37-41(2)29-31-43(58)4)56-25-15-23-50-47-21-11-13-27-62(47)71-66(50)56/h10-15,20-39,44-45,54H,6-9,16-19H2,1-5H3. The average molecular weight is 925 g/mol. The monoisotopic (exact) mass is 924 g/mol. The second-order valence-electron chi connectivity index (χ2n) is 21.8. The van der Waals surface area contributed by atoms with Gasteiger partial charge in [0.25, 0.3) is 0 Å². The molecule has 0 spiro atoms. The summed E-state index contributed by atoms with van der Waals surface area (Å²) in [5.41, 5.74) is 20.9. The van der Waals surface area contributed by atoms with Gasteiger partial charge in [0.15, 0.2) is 11.2 Å². The van der Waals surface area contributed by atoms with E-state index in [1.165, 1.54) is 129 Å². The van der Waals surface area contributed by atoms with Gasteiger partial charge >= 0.3 is 0 Å². The minimum Gasteiger partial charge on any atom is -0.454 e. The molecular formula is C67H60N2O2. The fraction of sp³-hybridized carbons (Fsp3) is 0.254. The van der Waals surface area contributed by atoms with Crippen molar-refractivity contribution >= 4 is 94.9 Å². The molecule has 2 atom stereocenters. The fourth-order valence-electron chi connectivity index (χ4n) is 14.0. The number of anilines is 5. The molecule has 350 valence electrons. The molecule has 71 heavy (non-hydrogen) atoms. The summed E-state index contributed by atoms with van der Waals surface area (Å²) < 4.78 is 13.9. The van der Waals surface area contributed by atoms with E-state index in [1.54, 1.807) is 0 Å². The first-order chi connectivity index (χ1) is 34.7. The quantitative estimate of drug-likeness (QED) is 0.152. The largest absolute Gasteiger partial charge is 0.454 e. The van der Waals surface area contributed by atoms with E-state index in [0.29, 0.717) is 11.8 Å². The fourth-order valence-corrected chi connectivity index (χ4v) is 14.0. The number of rotatable bonds is 8. The summed E-state index contributed by atoms with van der Waals surface area (Å²) in [6.45, 7) is 11.6. The van der Waals surface area contributed by atoms with E-state index in [0.717, 1.165) is 55.3 Å². The molecule has 0 bridgehead atoms. The molecule has 2 unspecified atom stereocenters. The predicted octanol–water partition coefficient (Wildman–Crippen LogP) is 19.3. The van der Waals surface area contributed by atoms with Crippen LogP contribution < -0.4 is 9.80 Å². The first-order valence-corrected chi connectivity index (χ1v) is 26.3. The Bertz CT molecular complexity index is 3890. The van der Waals surface area contributed by atoms with Gasteiger partial charge in [-0.15, -0.1) is 0 Å². The second-order valence-corrected chi connectivity index (χ2v) is 21.8. The molecule has 0 saturated heterocycles. The molecule has 4 heteroatoms. The maximum atomic E-state index is 6.98. The van der Waals surface area contributed by atoms with Gasteiger partial charge in [-0.2, -0.15) is 0 Å². The van der Waals surface area contributed by atoms with E-state index in [1.807, 2.05) is 0 Å². The summed E-state index contributed by atoms with van der Waals surface area (Å²) in [6.07, 6.45) is 17.9. The molecule has 2 fully saturated rings. The third-order valence-electron chi connectivity index (χ3n) is 17.4. The highest BCUT2D eigenvalue weighted by Gasteiger charge is 2.47. The highest BCUT2D eigenvalue weighted by molar-refractivity contribution is 6.15. The second kappa shape index (κ2) is 16.1. The van der Waals surface area contributed by atoms with Crippen molar-refractivity contribution in [2.75, 3.05) is 9.80 Å². The van der Waals surface area contributed by atoms with Crippen molar-refractivity contribution in [3.63, 3.8) is 0 Å². The van der Waals surface area contributed by atoms with Crippen molar-refractivity contribution in [2.45, 2.75) is 97.3 Å². The molecule has 2 aromatic heterocycles. The van der Waals surface area contributed by atoms with E-state index in [2.05, 4.69) is 202 Å². The lowest BCUT2D eigenvalue weighted by molar-refractivity contribution is 0.296. The van der Waals surface area contributed by atoms with Crippen LogP contribution in [-0.2, 0) is 5.41 Å². The van der Waals surface area contributed by atoms with E-state index in [9.17, 15) is 0 Å². The Morgan fingerprint density at radius 1 is 0.507 bits per heavy atom. The van der Waals surface area contributed by atoms with E-state index < -0.39 is 0 Å². The van der Waals surface area contributed by atoms with Crippen LogP contribution in [0.5, 0.6) is 0 Å². The van der Waals surface area contributed by atoms with E-state index in [4.69, 9.17) is 8.83 Å². The number of aryl methyl sites for hydroxylation is 4. The summed E-state index contributed by atoms with van der Waals surface area (Å²) in [5.74, 6) is 1.31. The summed E-state index contributed by atoms with van der Waals surface area (Å²) in [5, 5.41) is 7.40. The van der Waals surface area contributed by atoms with Crippen molar-refractivity contribution in [3.05, 3.63) is 196 Å². The Morgan fingerprint density at radius 3 is 1.70 bits per heavy atom. The van der Waals surface area contributed by atoms with Crippen molar-refractivity contribution in [1.29, 1.82) is 0 Å². The molecule has 2 saturated carbocycles. The molecule has 0 amide bonds. The van der Waals surface area contributed by atoms with E-state index >= 15 is 0 Å². The SMILES string of the molecule is Cc1ccc(C)c(N(C2=CC(C3CCCC3)C3(C)C=Cc4c(N(c5cc(C)ccc5C)c5cccc6c5oc5ccccc56)cc(C5CCCC5)c5ccc2c3c45)c2cccc3c2oc2ccccc23)c1. The Hall–Kier alpha value is -7.30. The molecule has 8 aromatic carbocycles. The number of hydrogen-bond acceptors (Lipinski definition) is 4. The van der Waals surface area contributed by atoms with Crippen LogP contribution in [0.15, 0.2) is 161 Å². The van der Waals surface area contributed by atoms with Crippen LogP contribution in [0.3, 0.4) is 0 Å². The zero-order valence-electron chi connectivity index (χ0n) is 41.6. The molecule has 4 aliphatic carbocycles. The zero-order valence-corrected chi connectivity index (χ0v) is 41.6. The van der Waals surface area contributed by atoms with E-state index in [-0.39, 0.29) is 11.3 Å². The number of benzene rings is 8. The topological polar surface area (TPSA) is 32.8 Å². The summed E-state index contributed by atoms with van der Waals surface area (Å²) in [4.78, 5) is 5.17. The number of allylic oxidation sites excluding steroid dienone is 2. The van der Waals surface area contributed by atoms with Gasteiger partial charge in [-0.05, 0) is 158 Å². The van der Waals surface area contributed by atoms with Gasteiger partial charge in [0.1, 0.15) is 11.2 Å². The lowest BCUT2D eigenvalue weighted by atomic mass is 9.58. The molecular weight excluding hydrogens is 865 g/mol. The van der Waals surface area contributed by atoms with Crippen LogP contribution in [0.1, 0.15) is 109 Å². The smallest absolute Gasteiger partial charge is 0.159 e. The minimum atomic E-state index is -0.243. The summed E-state index contributed by atoms with van der Waals surface area (Å²) in [7, 11) is 0. The Morgan fingerprint density at radius 2 is 1.07 bits per heavy atom. The maximum absolute atomic E-state index is 6.98.